The summed E-state index contributed by atoms with van der Waals surface area (Å²) in [5.41, 5.74) is 0. The van der Waals surface area contributed by atoms with Crippen LogP contribution in [-0.4, -0.2) is 24.6 Å². The number of halogens is 3. The molecule has 0 atom stereocenters. The summed E-state index contributed by atoms with van der Waals surface area (Å²) in [6, 6.07) is 2.70. The normalized spacial score (nSPS) is 11.6. The number of aromatic nitrogens is 2. The van der Waals surface area contributed by atoms with Crippen LogP contribution in [0.3, 0.4) is 0 Å². The van der Waals surface area contributed by atoms with Crippen molar-refractivity contribution >= 4 is 42.9 Å². The summed E-state index contributed by atoms with van der Waals surface area (Å²) >= 11 is 11.9. The SMILES string of the molecule is O=S(=O)(Cl)c1ccc(OCCCn2ccnc2)c(Cl)c1Cl. The molecule has 2 aromatic rings. The molecule has 114 valence electrons. The van der Waals surface area contributed by atoms with E-state index < -0.39 is 9.05 Å². The lowest BCUT2D eigenvalue weighted by atomic mass is 10.3. The summed E-state index contributed by atoms with van der Waals surface area (Å²) in [5, 5.41) is -0.111. The van der Waals surface area contributed by atoms with Crippen LogP contribution < -0.4 is 4.74 Å². The molecule has 0 bridgehead atoms. The topological polar surface area (TPSA) is 61.2 Å². The van der Waals surface area contributed by atoms with Gasteiger partial charge in [-0.2, -0.15) is 0 Å². The highest BCUT2D eigenvalue weighted by atomic mass is 35.7. The van der Waals surface area contributed by atoms with Crippen molar-refractivity contribution in [2.45, 2.75) is 17.9 Å². The van der Waals surface area contributed by atoms with Gasteiger partial charge in [0, 0.05) is 29.6 Å². The fourth-order valence-electron chi connectivity index (χ4n) is 1.66. The van der Waals surface area contributed by atoms with Crippen LogP contribution in [-0.2, 0) is 15.6 Å². The first-order valence-electron chi connectivity index (χ1n) is 5.91. The zero-order chi connectivity index (χ0) is 15.5. The van der Waals surface area contributed by atoms with Crippen LogP contribution >= 0.6 is 33.9 Å². The average Bonchev–Trinajstić information content (AvgIpc) is 2.91. The van der Waals surface area contributed by atoms with Crippen LogP contribution in [0.2, 0.25) is 10.0 Å². The summed E-state index contributed by atoms with van der Waals surface area (Å²) in [6.45, 7) is 1.15. The molecule has 0 spiro atoms. The molecular formula is C12H11Cl3N2O3S. The number of rotatable bonds is 6. The first kappa shape index (κ1) is 16.4. The van der Waals surface area contributed by atoms with E-state index in [1.165, 1.54) is 12.1 Å². The van der Waals surface area contributed by atoms with Crippen LogP contribution in [0.4, 0.5) is 0 Å². The van der Waals surface area contributed by atoms with Crippen LogP contribution in [0.1, 0.15) is 6.42 Å². The molecule has 2 rings (SSSR count). The first-order valence-corrected chi connectivity index (χ1v) is 8.97. The molecule has 0 aliphatic heterocycles. The highest BCUT2D eigenvalue weighted by molar-refractivity contribution is 8.13. The predicted octanol–water partition coefficient (Wildman–Crippen LogP) is 3.59. The number of hydrogen-bond donors (Lipinski definition) is 0. The fraction of sp³-hybridized carbons (Fsp3) is 0.250. The zero-order valence-corrected chi connectivity index (χ0v) is 13.8. The van der Waals surface area contributed by atoms with E-state index in [9.17, 15) is 8.42 Å². The first-order chi connectivity index (χ1) is 9.89. The van der Waals surface area contributed by atoms with Crippen molar-refractivity contribution < 1.29 is 13.2 Å². The molecule has 0 amide bonds. The highest BCUT2D eigenvalue weighted by Crippen LogP contribution is 2.37. The Morgan fingerprint density at radius 1 is 1.24 bits per heavy atom. The minimum Gasteiger partial charge on any atom is -0.492 e. The van der Waals surface area contributed by atoms with E-state index in [1.54, 1.807) is 12.5 Å². The summed E-state index contributed by atoms with van der Waals surface area (Å²) in [6.07, 6.45) is 6.00. The Kier molecular flexibility index (Phi) is 5.37. The van der Waals surface area contributed by atoms with Crippen LogP contribution in [0.15, 0.2) is 35.7 Å². The molecule has 0 aliphatic rings. The van der Waals surface area contributed by atoms with Gasteiger partial charge in [0.2, 0.25) is 0 Å². The lowest BCUT2D eigenvalue weighted by Crippen LogP contribution is -2.04. The van der Waals surface area contributed by atoms with Crippen molar-refractivity contribution in [3.8, 4) is 5.75 Å². The molecule has 1 aromatic carbocycles. The molecular weight excluding hydrogens is 359 g/mol. The van der Waals surface area contributed by atoms with Gasteiger partial charge in [0.05, 0.1) is 18.0 Å². The zero-order valence-electron chi connectivity index (χ0n) is 10.7. The van der Waals surface area contributed by atoms with Gasteiger partial charge in [-0.05, 0) is 18.6 Å². The maximum absolute atomic E-state index is 11.3. The Hall–Kier alpha value is -0.950. The van der Waals surface area contributed by atoms with Gasteiger partial charge in [0.1, 0.15) is 15.7 Å². The number of hydrogen-bond acceptors (Lipinski definition) is 4. The van der Waals surface area contributed by atoms with Crippen molar-refractivity contribution in [3.05, 3.63) is 40.9 Å². The minimum absolute atomic E-state index is 0.0287. The molecule has 0 radical (unpaired) electrons. The van der Waals surface area contributed by atoms with Crippen LogP contribution in [0.25, 0.3) is 0 Å². The lowest BCUT2D eigenvalue weighted by molar-refractivity contribution is 0.302. The van der Waals surface area contributed by atoms with Gasteiger partial charge in [-0.1, -0.05) is 23.2 Å². The Morgan fingerprint density at radius 3 is 2.62 bits per heavy atom. The molecule has 0 N–H and O–H groups in total. The smallest absolute Gasteiger partial charge is 0.262 e. The molecule has 0 saturated carbocycles. The van der Waals surface area contributed by atoms with Gasteiger partial charge in [0.15, 0.2) is 0 Å². The summed E-state index contributed by atoms with van der Waals surface area (Å²) < 4.78 is 30.0. The number of benzene rings is 1. The largest absolute Gasteiger partial charge is 0.492 e. The average molecular weight is 370 g/mol. The van der Waals surface area contributed by atoms with E-state index in [2.05, 4.69) is 4.98 Å². The van der Waals surface area contributed by atoms with Gasteiger partial charge in [0.25, 0.3) is 9.05 Å². The van der Waals surface area contributed by atoms with Gasteiger partial charge < -0.3 is 9.30 Å². The van der Waals surface area contributed by atoms with E-state index in [0.717, 1.165) is 13.0 Å². The van der Waals surface area contributed by atoms with E-state index in [-0.39, 0.29) is 14.9 Å². The summed E-state index contributed by atoms with van der Waals surface area (Å²) in [4.78, 5) is 3.70. The lowest BCUT2D eigenvalue weighted by Gasteiger charge is -2.10. The van der Waals surface area contributed by atoms with E-state index in [1.807, 2.05) is 10.8 Å². The van der Waals surface area contributed by atoms with Crippen LogP contribution in [0, 0.1) is 0 Å². The Labute approximate surface area is 136 Å². The summed E-state index contributed by atoms with van der Waals surface area (Å²) in [7, 11) is 1.31. The predicted molar refractivity (Wildman–Crippen MR) is 81.8 cm³/mol. The van der Waals surface area contributed by atoms with E-state index in [4.69, 9.17) is 38.6 Å². The third-order valence-corrected chi connectivity index (χ3v) is 4.99. The number of imidazole rings is 1. The van der Waals surface area contributed by atoms with E-state index >= 15 is 0 Å². The molecule has 0 saturated heterocycles. The third-order valence-electron chi connectivity index (χ3n) is 2.65. The maximum atomic E-state index is 11.3. The quantitative estimate of drug-likeness (QED) is 0.577. The molecule has 1 heterocycles. The van der Waals surface area contributed by atoms with Gasteiger partial charge in [-0.25, -0.2) is 13.4 Å². The Morgan fingerprint density at radius 2 is 2.00 bits per heavy atom. The van der Waals surface area contributed by atoms with Crippen LogP contribution in [0.5, 0.6) is 5.75 Å². The molecule has 0 aliphatic carbocycles. The Bertz CT molecular complexity index is 718. The monoisotopic (exact) mass is 368 g/mol. The standard InChI is InChI=1S/C12H11Cl3N2O3S/c13-11-9(2-3-10(12(11)14)21(15,18)19)20-7-1-5-17-6-4-16-8-17/h2-4,6,8H,1,5,7H2. The van der Waals surface area contributed by atoms with Crippen molar-refractivity contribution in [1.82, 2.24) is 9.55 Å². The fourth-order valence-corrected chi connectivity index (χ4v) is 3.45. The van der Waals surface area contributed by atoms with Gasteiger partial charge in [-0.3, -0.25) is 0 Å². The summed E-state index contributed by atoms with van der Waals surface area (Å²) in [5.74, 6) is 0.316. The Balaban J connectivity index is 1.99. The van der Waals surface area contributed by atoms with Gasteiger partial charge in [-0.15, -0.1) is 0 Å². The third kappa shape index (κ3) is 4.26. The number of nitrogens with zero attached hydrogens (tertiary/aromatic N) is 2. The van der Waals surface area contributed by atoms with Crippen molar-refractivity contribution in [2.24, 2.45) is 0 Å². The number of aryl methyl sites for hydroxylation is 1. The number of ether oxygens (including phenoxy) is 1. The van der Waals surface area contributed by atoms with E-state index in [0.29, 0.717) is 12.4 Å². The van der Waals surface area contributed by atoms with Crippen molar-refractivity contribution in [1.29, 1.82) is 0 Å². The molecule has 0 fully saturated rings. The molecule has 21 heavy (non-hydrogen) atoms. The van der Waals surface area contributed by atoms with Gasteiger partial charge >= 0.3 is 0 Å². The van der Waals surface area contributed by atoms with Crippen molar-refractivity contribution in [3.63, 3.8) is 0 Å². The minimum atomic E-state index is -3.94. The molecule has 1 aromatic heterocycles. The van der Waals surface area contributed by atoms with Crippen molar-refractivity contribution in [2.75, 3.05) is 6.61 Å². The second kappa shape index (κ2) is 6.87. The molecule has 5 nitrogen and oxygen atoms in total. The second-order valence-corrected chi connectivity index (χ2v) is 7.42. The maximum Gasteiger partial charge on any atom is 0.262 e. The second-order valence-electron chi connectivity index (χ2n) is 4.13. The molecule has 9 heteroatoms. The molecule has 0 unspecified atom stereocenters. The highest BCUT2D eigenvalue weighted by Gasteiger charge is 2.19.